The molecule has 0 aliphatic heterocycles. The predicted molar refractivity (Wildman–Crippen MR) is 120 cm³/mol. The van der Waals surface area contributed by atoms with Gasteiger partial charge in [0.15, 0.2) is 0 Å². The highest BCUT2D eigenvalue weighted by Gasteiger charge is 2.27. The van der Waals surface area contributed by atoms with Crippen LogP contribution in [-0.4, -0.2) is 33.3 Å². The number of carbonyl (C=O) groups is 2. The SMILES string of the molecule is Cc1ccc(NC(=O)CNC(=O)C2CCC(CNS(=O)(=O)c3ccccc3)CC2)cc1. The number of amides is 2. The standard InChI is InChI=1S/C23H29N3O4S/c1-17-7-13-20(14-8-17)26-22(27)16-24-23(28)19-11-9-18(10-12-19)15-25-31(29,30)21-5-3-2-4-6-21/h2-8,13-14,18-19,25H,9-12,15-16H2,1H3,(H,24,28)(H,26,27). The van der Waals surface area contributed by atoms with Gasteiger partial charge in [-0.05, 0) is 62.8 Å². The van der Waals surface area contributed by atoms with Gasteiger partial charge in [-0.25, -0.2) is 13.1 Å². The molecule has 1 aliphatic rings. The van der Waals surface area contributed by atoms with Crippen molar-refractivity contribution < 1.29 is 18.0 Å². The van der Waals surface area contributed by atoms with E-state index in [4.69, 9.17) is 0 Å². The summed E-state index contributed by atoms with van der Waals surface area (Å²) in [5.41, 5.74) is 1.80. The van der Waals surface area contributed by atoms with Crippen LogP contribution in [0.25, 0.3) is 0 Å². The Kier molecular flexibility index (Phi) is 7.81. The topological polar surface area (TPSA) is 104 Å². The first kappa shape index (κ1) is 23.0. The van der Waals surface area contributed by atoms with Crippen molar-refractivity contribution in [1.29, 1.82) is 0 Å². The van der Waals surface area contributed by atoms with Crippen LogP contribution >= 0.6 is 0 Å². The van der Waals surface area contributed by atoms with E-state index in [1.807, 2.05) is 31.2 Å². The summed E-state index contributed by atoms with van der Waals surface area (Å²) in [5.74, 6) is -0.329. The summed E-state index contributed by atoms with van der Waals surface area (Å²) in [5, 5.41) is 5.47. The summed E-state index contributed by atoms with van der Waals surface area (Å²) in [6, 6.07) is 15.8. The highest BCUT2D eigenvalue weighted by Crippen LogP contribution is 2.28. The Balaban J connectivity index is 1.37. The second-order valence-electron chi connectivity index (χ2n) is 8.01. The Morgan fingerprint density at radius 3 is 2.23 bits per heavy atom. The van der Waals surface area contributed by atoms with Crippen molar-refractivity contribution in [1.82, 2.24) is 10.0 Å². The van der Waals surface area contributed by atoms with E-state index in [-0.39, 0.29) is 35.1 Å². The minimum Gasteiger partial charge on any atom is -0.347 e. The van der Waals surface area contributed by atoms with Crippen LogP contribution in [0.3, 0.4) is 0 Å². The zero-order valence-corrected chi connectivity index (χ0v) is 18.5. The van der Waals surface area contributed by atoms with Crippen molar-refractivity contribution in [2.75, 3.05) is 18.4 Å². The van der Waals surface area contributed by atoms with Crippen LogP contribution in [0.1, 0.15) is 31.2 Å². The smallest absolute Gasteiger partial charge is 0.243 e. The van der Waals surface area contributed by atoms with E-state index in [9.17, 15) is 18.0 Å². The van der Waals surface area contributed by atoms with Crippen LogP contribution in [-0.2, 0) is 19.6 Å². The maximum Gasteiger partial charge on any atom is 0.243 e. The molecule has 2 amide bonds. The molecule has 0 bridgehead atoms. The third-order valence-corrected chi connectivity index (χ3v) is 7.03. The summed E-state index contributed by atoms with van der Waals surface area (Å²) in [4.78, 5) is 24.7. The first-order valence-corrected chi connectivity index (χ1v) is 12.0. The Bertz CT molecular complexity index is 983. The average molecular weight is 444 g/mol. The summed E-state index contributed by atoms with van der Waals surface area (Å²) in [6.07, 6.45) is 2.90. The Labute approximate surface area is 183 Å². The molecule has 3 rings (SSSR count). The Morgan fingerprint density at radius 1 is 0.935 bits per heavy atom. The number of aryl methyl sites for hydroxylation is 1. The molecular weight excluding hydrogens is 414 g/mol. The van der Waals surface area contributed by atoms with Gasteiger partial charge in [-0.15, -0.1) is 0 Å². The van der Waals surface area contributed by atoms with E-state index in [0.717, 1.165) is 18.4 Å². The summed E-state index contributed by atoms with van der Waals surface area (Å²) < 4.78 is 27.3. The summed E-state index contributed by atoms with van der Waals surface area (Å²) in [6.45, 7) is 2.27. The second-order valence-corrected chi connectivity index (χ2v) is 9.78. The highest BCUT2D eigenvalue weighted by atomic mass is 32.2. The van der Waals surface area contributed by atoms with Gasteiger partial charge in [-0.3, -0.25) is 9.59 Å². The fraction of sp³-hybridized carbons (Fsp3) is 0.391. The Hall–Kier alpha value is -2.71. The summed E-state index contributed by atoms with van der Waals surface area (Å²) in [7, 11) is -3.51. The number of hydrogen-bond donors (Lipinski definition) is 3. The van der Waals surface area contributed by atoms with Gasteiger partial charge in [-0.1, -0.05) is 35.9 Å². The quantitative estimate of drug-likeness (QED) is 0.583. The fourth-order valence-electron chi connectivity index (χ4n) is 3.69. The van der Waals surface area contributed by atoms with Gasteiger partial charge in [0, 0.05) is 18.2 Å². The first-order valence-electron chi connectivity index (χ1n) is 10.5. The number of rotatable bonds is 8. The molecule has 1 saturated carbocycles. The zero-order valence-electron chi connectivity index (χ0n) is 17.6. The molecule has 3 N–H and O–H groups in total. The van der Waals surface area contributed by atoms with Crippen molar-refractivity contribution in [2.45, 2.75) is 37.5 Å². The van der Waals surface area contributed by atoms with E-state index in [1.165, 1.54) is 0 Å². The van der Waals surface area contributed by atoms with E-state index in [2.05, 4.69) is 15.4 Å². The third kappa shape index (κ3) is 6.90. The van der Waals surface area contributed by atoms with Crippen LogP contribution in [0.4, 0.5) is 5.69 Å². The highest BCUT2D eigenvalue weighted by molar-refractivity contribution is 7.89. The minimum absolute atomic E-state index is 0.0660. The number of sulfonamides is 1. The molecule has 31 heavy (non-hydrogen) atoms. The Morgan fingerprint density at radius 2 is 1.58 bits per heavy atom. The van der Waals surface area contributed by atoms with E-state index in [1.54, 1.807) is 30.3 Å². The van der Waals surface area contributed by atoms with Gasteiger partial charge in [0.2, 0.25) is 21.8 Å². The largest absolute Gasteiger partial charge is 0.347 e. The van der Waals surface area contributed by atoms with Crippen molar-refractivity contribution in [3.8, 4) is 0 Å². The number of carbonyl (C=O) groups excluding carboxylic acids is 2. The number of nitrogens with one attached hydrogen (secondary N) is 3. The summed E-state index contributed by atoms with van der Waals surface area (Å²) >= 11 is 0. The van der Waals surface area contributed by atoms with Crippen molar-refractivity contribution in [3.05, 3.63) is 60.2 Å². The fourth-order valence-corrected chi connectivity index (χ4v) is 4.83. The van der Waals surface area contributed by atoms with Gasteiger partial charge < -0.3 is 10.6 Å². The van der Waals surface area contributed by atoms with E-state index >= 15 is 0 Å². The number of anilines is 1. The third-order valence-electron chi connectivity index (χ3n) is 5.59. The molecule has 0 aromatic heterocycles. The van der Waals surface area contributed by atoms with Crippen LogP contribution < -0.4 is 15.4 Å². The molecule has 1 fully saturated rings. The lowest BCUT2D eigenvalue weighted by atomic mass is 9.81. The molecule has 8 heteroatoms. The minimum atomic E-state index is -3.51. The molecule has 1 aliphatic carbocycles. The lowest BCUT2D eigenvalue weighted by Gasteiger charge is -2.27. The van der Waals surface area contributed by atoms with Crippen molar-refractivity contribution in [3.63, 3.8) is 0 Å². The second kappa shape index (κ2) is 10.5. The zero-order chi connectivity index (χ0) is 22.3. The van der Waals surface area contributed by atoms with Crippen LogP contribution in [0.2, 0.25) is 0 Å². The average Bonchev–Trinajstić information content (AvgIpc) is 2.78. The molecule has 0 saturated heterocycles. The van der Waals surface area contributed by atoms with E-state index < -0.39 is 10.0 Å². The molecule has 0 unspecified atom stereocenters. The van der Waals surface area contributed by atoms with Gasteiger partial charge in [0.25, 0.3) is 0 Å². The van der Waals surface area contributed by atoms with Crippen molar-refractivity contribution in [2.24, 2.45) is 11.8 Å². The monoisotopic (exact) mass is 443 g/mol. The van der Waals surface area contributed by atoms with Crippen LogP contribution in [0, 0.1) is 18.8 Å². The molecule has 166 valence electrons. The number of benzene rings is 2. The maximum absolute atomic E-state index is 12.4. The van der Waals surface area contributed by atoms with E-state index in [0.29, 0.717) is 25.1 Å². The van der Waals surface area contributed by atoms with Gasteiger partial charge >= 0.3 is 0 Å². The molecule has 0 atom stereocenters. The van der Waals surface area contributed by atoms with Gasteiger partial charge in [0.1, 0.15) is 0 Å². The van der Waals surface area contributed by atoms with Gasteiger partial charge in [-0.2, -0.15) is 0 Å². The molecular formula is C23H29N3O4S. The number of hydrogen-bond acceptors (Lipinski definition) is 4. The molecule has 2 aromatic rings. The predicted octanol–water partition coefficient (Wildman–Crippen LogP) is 2.83. The normalized spacial score (nSPS) is 18.9. The van der Waals surface area contributed by atoms with Gasteiger partial charge in [0.05, 0.1) is 11.4 Å². The molecule has 2 aromatic carbocycles. The lowest BCUT2D eigenvalue weighted by Crippen LogP contribution is -2.39. The van der Waals surface area contributed by atoms with Crippen LogP contribution in [0.5, 0.6) is 0 Å². The van der Waals surface area contributed by atoms with Crippen molar-refractivity contribution >= 4 is 27.5 Å². The first-order chi connectivity index (χ1) is 14.8. The molecule has 0 radical (unpaired) electrons. The molecule has 0 spiro atoms. The molecule has 0 heterocycles. The maximum atomic E-state index is 12.4. The van der Waals surface area contributed by atoms with Crippen LogP contribution in [0.15, 0.2) is 59.5 Å². The molecule has 7 nitrogen and oxygen atoms in total. The lowest BCUT2D eigenvalue weighted by molar-refractivity contribution is -0.128.